The van der Waals surface area contributed by atoms with E-state index >= 15 is 0 Å². The van der Waals surface area contributed by atoms with Crippen LogP contribution < -0.4 is 11.1 Å². The summed E-state index contributed by atoms with van der Waals surface area (Å²) in [6.07, 6.45) is 0. The Labute approximate surface area is 118 Å². The van der Waals surface area contributed by atoms with Gasteiger partial charge in [-0.3, -0.25) is 10.1 Å². The molecule has 0 aliphatic heterocycles. The molecule has 3 N–H and O–H groups in total. The molecule has 0 amide bonds. The van der Waals surface area contributed by atoms with E-state index in [9.17, 15) is 14.9 Å². The van der Waals surface area contributed by atoms with Crippen LogP contribution in [0.2, 0.25) is 0 Å². The molecule has 1 aromatic carbocycles. The number of nitro groups is 1. The third-order valence-corrected chi connectivity index (χ3v) is 3.85. The Balaban J connectivity index is 2.61. The summed E-state index contributed by atoms with van der Waals surface area (Å²) in [5, 5.41) is 14.5. The van der Waals surface area contributed by atoms with E-state index in [0.717, 1.165) is 4.70 Å². The lowest BCUT2D eigenvalue weighted by Crippen LogP contribution is -2.14. The summed E-state index contributed by atoms with van der Waals surface area (Å²) in [4.78, 5) is 22.5. The third-order valence-electron chi connectivity index (χ3n) is 2.70. The van der Waals surface area contributed by atoms with Crippen molar-refractivity contribution in [2.45, 2.75) is 0 Å². The fraction of sp³-hybridized carbons (Fsp3) is 0.250. The Morgan fingerprint density at radius 1 is 1.55 bits per heavy atom. The number of nitrogens with zero attached hydrogens (tertiary/aromatic N) is 1. The highest BCUT2D eigenvalue weighted by Crippen LogP contribution is 2.38. The number of carbonyl (C=O) groups is 1. The molecule has 0 unspecified atom stereocenters. The van der Waals surface area contributed by atoms with Crippen molar-refractivity contribution >= 4 is 38.8 Å². The Hall–Kier alpha value is -2.19. The van der Waals surface area contributed by atoms with Gasteiger partial charge in [-0.2, -0.15) is 0 Å². The highest BCUT2D eigenvalue weighted by molar-refractivity contribution is 7.21. The predicted molar refractivity (Wildman–Crippen MR) is 77.4 cm³/mol. The zero-order valence-corrected chi connectivity index (χ0v) is 11.5. The number of hydrogen-bond donors (Lipinski definition) is 2. The van der Waals surface area contributed by atoms with Gasteiger partial charge in [-0.05, 0) is 6.07 Å². The number of esters is 1. The topological polar surface area (TPSA) is 107 Å². The van der Waals surface area contributed by atoms with Gasteiger partial charge in [-0.25, -0.2) is 4.79 Å². The van der Waals surface area contributed by atoms with Gasteiger partial charge in [0.05, 0.1) is 17.7 Å². The molecule has 0 fully saturated rings. The van der Waals surface area contributed by atoms with E-state index in [1.54, 1.807) is 6.07 Å². The molecule has 7 nitrogen and oxygen atoms in total. The van der Waals surface area contributed by atoms with E-state index in [4.69, 9.17) is 10.5 Å². The minimum atomic E-state index is -0.478. The number of ether oxygens (including phenoxy) is 1. The average Bonchev–Trinajstić information content (AvgIpc) is 2.81. The van der Waals surface area contributed by atoms with Crippen molar-refractivity contribution in [1.82, 2.24) is 0 Å². The number of nitrogens with two attached hydrogens (primary N) is 1. The largest absolute Gasteiger partial charge is 0.465 e. The molecule has 0 spiro atoms. The SMILES string of the molecule is COC(=O)c1sc2ccc([N+](=O)[O-])cc2c1NCCN. The molecule has 0 radical (unpaired) electrons. The first kappa shape index (κ1) is 14.2. The average molecular weight is 295 g/mol. The van der Waals surface area contributed by atoms with Crippen LogP contribution in [0, 0.1) is 10.1 Å². The molecule has 20 heavy (non-hydrogen) atoms. The van der Waals surface area contributed by atoms with Crippen molar-refractivity contribution in [2.24, 2.45) is 5.73 Å². The number of methoxy groups -OCH3 is 1. The van der Waals surface area contributed by atoms with Gasteiger partial charge in [0.25, 0.3) is 5.69 Å². The fourth-order valence-corrected chi connectivity index (χ4v) is 2.89. The summed E-state index contributed by atoms with van der Waals surface area (Å²) >= 11 is 1.23. The Bertz CT molecular complexity index is 668. The molecule has 0 aliphatic rings. The van der Waals surface area contributed by atoms with E-state index in [1.165, 1.54) is 30.6 Å². The van der Waals surface area contributed by atoms with Crippen LogP contribution in [-0.4, -0.2) is 31.1 Å². The first-order chi connectivity index (χ1) is 9.58. The summed E-state index contributed by atoms with van der Waals surface area (Å²) in [6, 6.07) is 4.47. The van der Waals surface area contributed by atoms with Gasteiger partial charge in [-0.15, -0.1) is 11.3 Å². The highest BCUT2D eigenvalue weighted by atomic mass is 32.1. The van der Waals surface area contributed by atoms with E-state index < -0.39 is 10.9 Å². The van der Waals surface area contributed by atoms with Crippen LogP contribution in [0.5, 0.6) is 0 Å². The zero-order chi connectivity index (χ0) is 14.7. The summed E-state index contributed by atoms with van der Waals surface area (Å²) in [7, 11) is 1.29. The molecule has 1 heterocycles. The predicted octanol–water partition coefficient (Wildman–Crippen LogP) is 1.97. The number of nitro benzene ring substituents is 1. The normalized spacial score (nSPS) is 10.5. The maximum absolute atomic E-state index is 11.8. The maximum atomic E-state index is 11.8. The van der Waals surface area contributed by atoms with Gasteiger partial charge < -0.3 is 15.8 Å². The summed E-state index contributed by atoms with van der Waals surface area (Å²) in [5.74, 6) is -0.478. The summed E-state index contributed by atoms with van der Waals surface area (Å²) < 4.78 is 5.50. The van der Waals surface area contributed by atoms with E-state index in [-0.39, 0.29) is 5.69 Å². The first-order valence-electron chi connectivity index (χ1n) is 5.81. The van der Waals surface area contributed by atoms with E-state index in [1.807, 2.05) is 0 Å². The molecule has 0 saturated heterocycles. The number of fused-ring (bicyclic) bond motifs is 1. The van der Waals surface area contributed by atoms with Gasteiger partial charge >= 0.3 is 5.97 Å². The number of benzene rings is 1. The monoisotopic (exact) mass is 295 g/mol. The number of anilines is 1. The minimum Gasteiger partial charge on any atom is -0.465 e. The van der Waals surface area contributed by atoms with Crippen molar-refractivity contribution in [3.05, 3.63) is 33.2 Å². The van der Waals surface area contributed by atoms with Crippen molar-refractivity contribution < 1.29 is 14.5 Å². The number of nitrogens with one attached hydrogen (secondary N) is 1. The fourth-order valence-electron chi connectivity index (χ4n) is 1.81. The van der Waals surface area contributed by atoms with Crippen LogP contribution in [0.4, 0.5) is 11.4 Å². The third kappa shape index (κ3) is 2.56. The summed E-state index contributed by atoms with van der Waals surface area (Å²) in [5.41, 5.74) is 5.95. The van der Waals surface area contributed by atoms with E-state index in [2.05, 4.69) is 5.32 Å². The lowest BCUT2D eigenvalue weighted by molar-refractivity contribution is -0.384. The zero-order valence-electron chi connectivity index (χ0n) is 10.7. The Morgan fingerprint density at radius 3 is 2.90 bits per heavy atom. The summed E-state index contributed by atoms with van der Waals surface area (Å²) in [6.45, 7) is 0.839. The Kier molecular flexibility index (Phi) is 4.16. The molecule has 1 aromatic heterocycles. The quantitative estimate of drug-likeness (QED) is 0.496. The number of rotatable bonds is 5. The van der Waals surface area contributed by atoms with Crippen LogP contribution in [0.1, 0.15) is 9.67 Å². The molecular formula is C12H13N3O4S. The lowest BCUT2D eigenvalue weighted by Gasteiger charge is -2.05. The van der Waals surface area contributed by atoms with Crippen LogP contribution in [0.15, 0.2) is 18.2 Å². The van der Waals surface area contributed by atoms with Gasteiger partial charge in [-0.1, -0.05) is 0 Å². The lowest BCUT2D eigenvalue weighted by atomic mass is 10.2. The van der Waals surface area contributed by atoms with Crippen molar-refractivity contribution in [1.29, 1.82) is 0 Å². The highest BCUT2D eigenvalue weighted by Gasteiger charge is 2.20. The maximum Gasteiger partial charge on any atom is 0.350 e. The number of thiophene rings is 1. The standard InChI is InChI=1S/C12H13N3O4S/c1-19-12(16)11-10(14-5-4-13)8-6-7(15(17)18)2-3-9(8)20-11/h2-3,6,14H,4-5,13H2,1H3. The van der Waals surface area contributed by atoms with Crippen molar-refractivity contribution in [3.8, 4) is 0 Å². The number of non-ortho nitro benzene ring substituents is 1. The molecule has 0 aliphatic carbocycles. The number of carbonyl (C=O) groups excluding carboxylic acids is 1. The molecular weight excluding hydrogens is 282 g/mol. The second-order valence-corrected chi connectivity index (χ2v) is 5.00. The van der Waals surface area contributed by atoms with Crippen LogP contribution in [0.3, 0.4) is 0 Å². The molecule has 2 rings (SSSR count). The smallest absolute Gasteiger partial charge is 0.350 e. The Morgan fingerprint density at radius 2 is 2.30 bits per heavy atom. The van der Waals surface area contributed by atoms with E-state index in [0.29, 0.717) is 29.0 Å². The van der Waals surface area contributed by atoms with Crippen molar-refractivity contribution in [2.75, 3.05) is 25.5 Å². The molecule has 0 saturated carbocycles. The molecule has 0 bridgehead atoms. The molecule has 8 heteroatoms. The molecule has 0 atom stereocenters. The van der Waals surface area contributed by atoms with Gasteiger partial charge in [0.1, 0.15) is 4.88 Å². The number of hydrogen-bond acceptors (Lipinski definition) is 7. The van der Waals surface area contributed by atoms with Gasteiger partial charge in [0.15, 0.2) is 0 Å². The van der Waals surface area contributed by atoms with Gasteiger partial charge in [0.2, 0.25) is 0 Å². The van der Waals surface area contributed by atoms with Crippen molar-refractivity contribution in [3.63, 3.8) is 0 Å². The second kappa shape index (κ2) is 5.85. The first-order valence-corrected chi connectivity index (χ1v) is 6.63. The minimum absolute atomic E-state index is 0.0254. The second-order valence-electron chi connectivity index (χ2n) is 3.95. The molecule has 2 aromatic rings. The van der Waals surface area contributed by atoms with Crippen LogP contribution in [0.25, 0.3) is 10.1 Å². The van der Waals surface area contributed by atoms with Crippen LogP contribution in [-0.2, 0) is 4.74 Å². The van der Waals surface area contributed by atoms with Gasteiger partial charge in [0, 0.05) is 35.3 Å². The van der Waals surface area contributed by atoms with Crippen LogP contribution >= 0.6 is 11.3 Å². The molecule has 106 valence electrons.